The Labute approximate surface area is 146 Å². The van der Waals surface area contributed by atoms with Crippen molar-refractivity contribution in [3.63, 3.8) is 0 Å². The number of aromatic nitrogens is 1. The van der Waals surface area contributed by atoms with Crippen molar-refractivity contribution in [3.8, 4) is 0 Å². The highest BCUT2D eigenvalue weighted by molar-refractivity contribution is 6.05. The minimum Gasteiger partial charge on any atom is -0.322 e. The van der Waals surface area contributed by atoms with Gasteiger partial charge in [-0.05, 0) is 53.6 Å². The van der Waals surface area contributed by atoms with Crippen molar-refractivity contribution in [3.05, 3.63) is 75.6 Å². The van der Waals surface area contributed by atoms with Crippen LogP contribution in [0.2, 0.25) is 0 Å². The van der Waals surface area contributed by atoms with E-state index in [4.69, 9.17) is 0 Å². The number of carbonyl (C=O) groups is 1. The number of carbonyl (C=O) groups excluding carboxylic acids is 1. The zero-order chi connectivity index (χ0) is 18.2. The normalized spacial score (nSPS) is 11.5. The molecule has 4 nitrogen and oxygen atoms in total. The van der Waals surface area contributed by atoms with Crippen LogP contribution in [0, 0.1) is 6.92 Å². The van der Waals surface area contributed by atoms with Crippen molar-refractivity contribution >= 4 is 22.5 Å². The SMILES string of the molecule is Cc1cc2ccc(NC(=O)c3ccc(C(C)(C)C)cc3)cc2[nH]c1=O. The van der Waals surface area contributed by atoms with Crippen LogP contribution >= 0.6 is 0 Å². The first-order valence-corrected chi connectivity index (χ1v) is 8.29. The molecule has 0 spiro atoms. The Morgan fingerprint density at radius 3 is 2.32 bits per heavy atom. The second-order valence-corrected chi connectivity index (χ2v) is 7.36. The highest BCUT2D eigenvalue weighted by atomic mass is 16.1. The van der Waals surface area contributed by atoms with Gasteiger partial charge in [-0.15, -0.1) is 0 Å². The second kappa shape index (κ2) is 6.20. The van der Waals surface area contributed by atoms with Crippen LogP contribution in [0.25, 0.3) is 10.9 Å². The lowest BCUT2D eigenvalue weighted by atomic mass is 9.87. The zero-order valence-electron chi connectivity index (χ0n) is 14.9. The van der Waals surface area contributed by atoms with E-state index in [1.807, 2.05) is 42.5 Å². The van der Waals surface area contributed by atoms with Crippen LogP contribution in [0.15, 0.2) is 53.3 Å². The van der Waals surface area contributed by atoms with E-state index >= 15 is 0 Å². The molecule has 1 amide bonds. The molecule has 1 heterocycles. The summed E-state index contributed by atoms with van der Waals surface area (Å²) in [5.41, 5.74) is 3.75. The molecule has 0 radical (unpaired) electrons. The molecule has 0 aliphatic carbocycles. The van der Waals surface area contributed by atoms with Crippen molar-refractivity contribution in [1.29, 1.82) is 0 Å². The van der Waals surface area contributed by atoms with Gasteiger partial charge in [0.1, 0.15) is 0 Å². The average Bonchev–Trinajstić information content (AvgIpc) is 2.55. The summed E-state index contributed by atoms with van der Waals surface area (Å²) in [6.07, 6.45) is 0. The first-order chi connectivity index (χ1) is 11.7. The summed E-state index contributed by atoms with van der Waals surface area (Å²) in [5, 5.41) is 3.82. The third-order valence-corrected chi connectivity index (χ3v) is 4.30. The molecule has 0 aliphatic rings. The van der Waals surface area contributed by atoms with Crippen molar-refractivity contribution < 1.29 is 4.79 Å². The maximum atomic E-state index is 12.4. The van der Waals surface area contributed by atoms with Gasteiger partial charge in [0.25, 0.3) is 11.5 Å². The number of fused-ring (bicyclic) bond motifs is 1. The molecule has 1 aromatic heterocycles. The van der Waals surface area contributed by atoms with Crippen LogP contribution in [0.1, 0.15) is 42.3 Å². The van der Waals surface area contributed by atoms with E-state index < -0.39 is 0 Å². The number of amides is 1. The second-order valence-electron chi connectivity index (χ2n) is 7.36. The molecule has 0 aliphatic heterocycles. The number of pyridine rings is 1. The van der Waals surface area contributed by atoms with E-state index in [0.717, 1.165) is 5.39 Å². The fourth-order valence-corrected chi connectivity index (χ4v) is 2.71. The summed E-state index contributed by atoms with van der Waals surface area (Å²) < 4.78 is 0. The number of hydrogen-bond donors (Lipinski definition) is 2. The number of aryl methyl sites for hydroxylation is 1. The van der Waals surface area contributed by atoms with Crippen LogP contribution in [-0.4, -0.2) is 10.9 Å². The summed E-state index contributed by atoms with van der Waals surface area (Å²) in [6, 6.07) is 15.0. The van der Waals surface area contributed by atoms with Gasteiger partial charge < -0.3 is 10.3 Å². The molecule has 25 heavy (non-hydrogen) atoms. The van der Waals surface area contributed by atoms with Crippen LogP contribution in [0.5, 0.6) is 0 Å². The van der Waals surface area contributed by atoms with Crippen molar-refractivity contribution in [2.45, 2.75) is 33.1 Å². The molecule has 4 heteroatoms. The number of H-pyrrole nitrogens is 1. The minimum atomic E-state index is -0.172. The first-order valence-electron chi connectivity index (χ1n) is 8.29. The lowest BCUT2D eigenvalue weighted by Gasteiger charge is -2.19. The third-order valence-electron chi connectivity index (χ3n) is 4.30. The number of hydrogen-bond acceptors (Lipinski definition) is 2. The molecule has 0 fully saturated rings. The molecule has 3 rings (SSSR count). The molecule has 0 atom stereocenters. The fraction of sp³-hybridized carbons (Fsp3) is 0.238. The Morgan fingerprint density at radius 1 is 1.00 bits per heavy atom. The van der Waals surface area contributed by atoms with E-state index in [1.165, 1.54) is 5.56 Å². The van der Waals surface area contributed by atoms with Crippen molar-refractivity contribution in [1.82, 2.24) is 4.98 Å². The van der Waals surface area contributed by atoms with Gasteiger partial charge in [-0.25, -0.2) is 0 Å². The lowest BCUT2D eigenvalue weighted by molar-refractivity contribution is 0.102. The van der Waals surface area contributed by atoms with E-state index in [-0.39, 0.29) is 16.9 Å². The summed E-state index contributed by atoms with van der Waals surface area (Å²) >= 11 is 0. The predicted octanol–water partition coefficient (Wildman–Crippen LogP) is 4.39. The standard InChI is InChI=1S/C21H22N2O2/c1-13-11-15-7-10-17(12-18(15)23-19(13)24)22-20(25)14-5-8-16(9-6-14)21(2,3)4/h5-12H,1-4H3,(H,22,25)(H,23,24). The zero-order valence-corrected chi connectivity index (χ0v) is 14.9. The van der Waals surface area contributed by atoms with Gasteiger partial charge in [-0.2, -0.15) is 0 Å². The summed E-state index contributed by atoms with van der Waals surface area (Å²) in [5.74, 6) is -0.172. The summed E-state index contributed by atoms with van der Waals surface area (Å²) in [4.78, 5) is 27.0. The predicted molar refractivity (Wildman–Crippen MR) is 102 cm³/mol. The molecular formula is C21H22N2O2. The Morgan fingerprint density at radius 2 is 1.68 bits per heavy atom. The Hall–Kier alpha value is -2.88. The first kappa shape index (κ1) is 17.0. The van der Waals surface area contributed by atoms with Crippen LogP contribution in [0.3, 0.4) is 0 Å². The quantitative estimate of drug-likeness (QED) is 0.730. The molecule has 2 aromatic carbocycles. The third kappa shape index (κ3) is 3.63. The fourth-order valence-electron chi connectivity index (χ4n) is 2.71. The van der Waals surface area contributed by atoms with E-state index in [0.29, 0.717) is 22.3 Å². The van der Waals surface area contributed by atoms with Gasteiger partial charge in [0.15, 0.2) is 0 Å². The van der Waals surface area contributed by atoms with Gasteiger partial charge in [-0.1, -0.05) is 39.0 Å². The topological polar surface area (TPSA) is 62.0 Å². The molecule has 0 saturated carbocycles. The molecule has 0 unspecified atom stereocenters. The lowest BCUT2D eigenvalue weighted by Crippen LogP contribution is -2.14. The van der Waals surface area contributed by atoms with Gasteiger partial charge in [-0.3, -0.25) is 9.59 Å². The van der Waals surface area contributed by atoms with E-state index in [9.17, 15) is 9.59 Å². The Kier molecular flexibility index (Phi) is 4.21. The van der Waals surface area contributed by atoms with Gasteiger partial charge >= 0.3 is 0 Å². The van der Waals surface area contributed by atoms with Crippen LogP contribution < -0.4 is 10.9 Å². The largest absolute Gasteiger partial charge is 0.322 e. The van der Waals surface area contributed by atoms with Crippen LogP contribution in [0.4, 0.5) is 5.69 Å². The Bertz CT molecular complexity index is 993. The van der Waals surface area contributed by atoms with Crippen molar-refractivity contribution in [2.24, 2.45) is 0 Å². The van der Waals surface area contributed by atoms with E-state index in [1.54, 1.807) is 13.0 Å². The molecule has 3 aromatic rings. The number of anilines is 1. The molecule has 128 valence electrons. The van der Waals surface area contributed by atoms with Crippen LogP contribution in [-0.2, 0) is 5.41 Å². The maximum absolute atomic E-state index is 12.4. The minimum absolute atomic E-state index is 0.0529. The van der Waals surface area contributed by atoms with Gasteiger partial charge in [0, 0.05) is 16.8 Å². The number of aromatic amines is 1. The summed E-state index contributed by atoms with van der Waals surface area (Å²) in [7, 11) is 0. The summed E-state index contributed by atoms with van der Waals surface area (Å²) in [6.45, 7) is 8.19. The molecule has 0 saturated heterocycles. The van der Waals surface area contributed by atoms with Gasteiger partial charge in [0.2, 0.25) is 0 Å². The Balaban J connectivity index is 1.84. The highest BCUT2D eigenvalue weighted by Gasteiger charge is 2.14. The average molecular weight is 334 g/mol. The monoisotopic (exact) mass is 334 g/mol. The van der Waals surface area contributed by atoms with E-state index in [2.05, 4.69) is 31.1 Å². The molecule has 2 N–H and O–H groups in total. The number of nitrogens with one attached hydrogen (secondary N) is 2. The molecular weight excluding hydrogens is 312 g/mol. The number of rotatable bonds is 2. The highest BCUT2D eigenvalue weighted by Crippen LogP contribution is 2.23. The van der Waals surface area contributed by atoms with Crippen molar-refractivity contribution in [2.75, 3.05) is 5.32 Å². The smallest absolute Gasteiger partial charge is 0.255 e. The van der Waals surface area contributed by atoms with Gasteiger partial charge in [0.05, 0.1) is 5.52 Å². The molecule has 0 bridgehead atoms. The number of benzene rings is 2. The maximum Gasteiger partial charge on any atom is 0.255 e.